The van der Waals surface area contributed by atoms with Crippen LogP contribution in [0.5, 0.6) is 0 Å². The number of hydrogen-bond donors (Lipinski definition) is 2. The molecule has 21 heavy (non-hydrogen) atoms. The van der Waals surface area contributed by atoms with Crippen LogP contribution in [0.2, 0.25) is 0 Å². The van der Waals surface area contributed by atoms with Crippen molar-refractivity contribution in [3.05, 3.63) is 29.3 Å². The second kappa shape index (κ2) is 7.58. The SMILES string of the molecule is COC(=O)c1cc(NC(=S)NC(C)C)cc(C(=O)OC)c1. The molecule has 0 amide bonds. The molecule has 0 fully saturated rings. The van der Waals surface area contributed by atoms with Gasteiger partial charge in [0.25, 0.3) is 0 Å². The van der Waals surface area contributed by atoms with Gasteiger partial charge in [0.05, 0.1) is 25.3 Å². The predicted octanol–water partition coefficient (Wildman–Crippen LogP) is 1.95. The van der Waals surface area contributed by atoms with E-state index >= 15 is 0 Å². The second-order valence-electron chi connectivity index (χ2n) is 4.54. The summed E-state index contributed by atoms with van der Waals surface area (Å²) in [4.78, 5) is 23.3. The average molecular weight is 310 g/mol. The Morgan fingerprint density at radius 3 is 1.90 bits per heavy atom. The summed E-state index contributed by atoms with van der Waals surface area (Å²) in [5.74, 6) is -1.10. The van der Waals surface area contributed by atoms with Crippen molar-refractivity contribution in [2.24, 2.45) is 0 Å². The van der Waals surface area contributed by atoms with E-state index in [0.29, 0.717) is 10.8 Å². The lowest BCUT2D eigenvalue weighted by Crippen LogP contribution is -2.34. The lowest BCUT2D eigenvalue weighted by Gasteiger charge is -2.14. The lowest BCUT2D eigenvalue weighted by molar-refractivity contribution is 0.0599. The molecule has 0 aromatic heterocycles. The Morgan fingerprint density at radius 1 is 1.05 bits per heavy atom. The minimum Gasteiger partial charge on any atom is -0.465 e. The molecular formula is C14H18N2O4S. The van der Waals surface area contributed by atoms with Crippen LogP contribution in [-0.2, 0) is 9.47 Å². The Bertz CT molecular complexity index is 524. The number of carbonyl (C=O) groups is 2. The van der Waals surface area contributed by atoms with Gasteiger partial charge >= 0.3 is 11.9 Å². The van der Waals surface area contributed by atoms with Gasteiger partial charge in [-0.05, 0) is 44.3 Å². The first kappa shape index (κ1) is 16.9. The van der Waals surface area contributed by atoms with Gasteiger partial charge in [0.1, 0.15) is 0 Å². The summed E-state index contributed by atoms with van der Waals surface area (Å²) in [6.07, 6.45) is 0. The highest BCUT2D eigenvalue weighted by Gasteiger charge is 2.14. The van der Waals surface area contributed by atoms with Crippen molar-refractivity contribution in [2.75, 3.05) is 19.5 Å². The van der Waals surface area contributed by atoms with Crippen LogP contribution in [0, 0.1) is 0 Å². The van der Waals surface area contributed by atoms with Crippen molar-refractivity contribution in [2.45, 2.75) is 19.9 Å². The Hall–Kier alpha value is -2.15. The van der Waals surface area contributed by atoms with Gasteiger partial charge in [0, 0.05) is 11.7 Å². The van der Waals surface area contributed by atoms with Crippen molar-refractivity contribution < 1.29 is 19.1 Å². The van der Waals surface area contributed by atoms with Crippen molar-refractivity contribution >= 4 is 35.0 Å². The van der Waals surface area contributed by atoms with Crippen molar-refractivity contribution in [1.29, 1.82) is 0 Å². The molecule has 7 heteroatoms. The summed E-state index contributed by atoms with van der Waals surface area (Å²) in [5, 5.41) is 6.31. The van der Waals surface area contributed by atoms with Crippen molar-refractivity contribution in [1.82, 2.24) is 5.32 Å². The Morgan fingerprint density at radius 2 is 1.52 bits per heavy atom. The van der Waals surface area contributed by atoms with Gasteiger partial charge in [0.15, 0.2) is 5.11 Å². The molecule has 1 rings (SSSR count). The molecule has 0 saturated heterocycles. The highest BCUT2D eigenvalue weighted by molar-refractivity contribution is 7.80. The zero-order valence-electron chi connectivity index (χ0n) is 12.4. The first-order chi connectivity index (χ1) is 9.87. The van der Waals surface area contributed by atoms with Gasteiger partial charge in [-0.1, -0.05) is 0 Å². The third-order valence-corrected chi connectivity index (χ3v) is 2.67. The molecular weight excluding hydrogens is 292 g/mol. The maximum absolute atomic E-state index is 11.6. The summed E-state index contributed by atoms with van der Waals surface area (Å²) >= 11 is 5.13. The van der Waals surface area contributed by atoms with E-state index in [4.69, 9.17) is 12.2 Å². The van der Waals surface area contributed by atoms with Gasteiger partial charge < -0.3 is 20.1 Å². The number of carbonyl (C=O) groups excluding carboxylic acids is 2. The number of methoxy groups -OCH3 is 2. The summed E-state index contributed by atoms with van der Waals surface area (Å²) in [7, 11) is 2.54. The molecule has 0 aliphatic heterocycles. The smallest absolute Gasteiger partial charge is 0.337 e. The van der Waals surface area contributed by atoms with E-state index < -0.39 is 11.9 Å². The fraction of sp³-hybridized carbons (Fsp3) is 0.357. The molecule has 0 unspecified atom stereocenters. The van der Waals surface area contributed by atoms with E-state index in [0.717, 1.165) is 0 Å². The number of thiocarbonyl (C=S) groups is 1. The summed E-state index contributed by atoms with van der Waals surface area (Å²) in [6.45, 7) is 3.89. The van der Waals surface area contributed by atoms with E-state index in [1.54, 1.807) is 12.1 Å². The molecule has 114 valence electrons. The van der Waals surface area contributed by atoms with Crippen LogP contribution in [0.1, 0.15) is 34.6 Å². The minimum atomic E-state index is -0.549. The van der Waals surface area contributed by atoms with Gasteiger partial charge in [-0.3, -0.25) is 0 Å². The van der Waals surface area contributed by atoms with Crippen molar-refractivity contribution in [3.8, 4) is 0 Å². The van der Waals surface area contributed by atoms with E-state index in [9.17, 15) is 9.59 Å². The Kier molecular flexibility index (Phi) is 6.10. The molecule has 2 N–H and O–H groups in total. The van der Waals surface area contributed by atoms with Crippen LogP contribution in [-0.4, -0.2) is 37.3 Å². The van der Waals surface area contributed by atoms with Gasteiger partial charge in [-0.15, -0.1) is 0 Å². The first-order valence-corrected chi connectivity index (χ1v) is 6.67. The molecule has 1 aromatic carbocycles. The summed E-state index contributed by atoms with van der Waals surface area (Å²) in [5.41, 5.74) is 0.960. The van der Waals surface area contributed by atoms with Crippen LogP contribution in [0.25, 0.3) is 0 Å². The number of rotatable bonds is 4. The maximum atomic E-state index is 11.6. The number of hydrogen-bond acceptors (Lipinski definition) is 5. The maximum Gasteiger partial charge on any atom is 0.337 e. The molecule has 0 atom stereocenters. The zero-order valence-corrected chi connectivity index (χ0v) is 13.2. The number of esters is 2. The zero-order chi connectivity index (χ0) is 16.0. The van der Waals surface area contributed by atoms with Crippen LogP contribution >= 0.6 is 12.2 Å². The van der Waals surface area contributed by atoms with E-state index in [1.165, 1.54) is 20.3 Å². The fourth-order valence-corrected chi connectivity index (χ4v) is 1.95. The largest absolute Gasteiger partial charge is 0.465 e. The molecule has 0 spiro atoms. The second-order valence-corrected chi connectivity index (χ2v) is 4.94. The molecule has 0 heterocycles. The molecule has 0 radical (unpaired) electrons. The van der Waals surface area contributed by atoms with Gasteiger partial charge in [-0.25, -0.2) is 9.59 Å². The summed E-state index contributed by atoms with van der Waals surface area (Å²) in [6, 6.07) is 4.66. The molecule has 0 aliphatic carbocycles. The van der Waals surface area contributed by atoms with E-state index in [2.05, 4.69) is 20.1 Å². The molecule has 1 aromatic rings. The quantitative estimate of drug-likeness (QED) is 0.650. The Labute approximate surface area is 128 Å². The first-order valence-electron chi connectivity index (χ1n) is 6.26. The molecule has 6 nitrogen and oxygen atoms in total. The van der Waals surface area contributed by atoms with Crippen LogP contribution in [0.4, 0.5) is 5.69 Å². The number of nitrogens with one attached hydrogen (secondary N) is 2. The predicted molar refractivity (Wildman–Crippen MR) is 83.6 cm³/mol. The third-order valence-electron chi connectivity index (χ3n) is 2.45. The highest BCUT2D eigenvalue weighted by Crippen LogP contribution is 2.17. The van der Waals surface area contributed by atoms with E-state index in [-0.39, 0.29) is 17.2 Å². The standard InChI is InChI=1S/C14H18N2O4S/c1-8(2)15-14(21)16-11-6-9(12(17)19-3)5-10(7-11)13(18)20-4/h5-8H,1-4H3,(H2,15,16,21). The van der Waals surface area contributed by atoms with Crippen molar-refractivity contribution in [3.63, 3.8) is 0 Å². The number of ether oxygens (including phenoxy) is 2. The van der Waals surface area contributed by atoms with Gasteiger partial charge in [-0.2, -0.15) is 0 Å². The summed E-state index contributed by atoms with van der Waals surface area (Å²) < 4.78 is 9.32. The van der Waals surface area contributed by atoms with Crippen LogP contribution in [0.15, 0.2) is 18.2 Å². The van der Waals surface area contributed by atoms with E-state index in [1.807, 2.05) is 13.8 Å². The third kappa shape index (κ3) is 5.03. The van der Waals surface area contributed by atoms with Crippen LogP contribution < -0.4 is 10.6 Å². The highest BCUT2D eigenvalue weighted by atomic mass is 32.1. The Balaban J connectivity index is 3.10. The minimum absolute atomic E-state index is 0.161. The van der Waals surface area contributed by atoms with Gasteiger partial charge in [0.2, 0.25) is 0 Å². The van der Waals surface area contributed by atoms with Crippen LogP contribution in [0.3, 0.4) is 0 Å². The topological polar surface area (TPSA) is 76.7 Å². The number of anilines is 1. The normalized spacial score (nSPS) is 9.95. The monoisotopic (exact) mass is 310 g/mol. The number of benzene rings is 1. The molecule has 0 bridgehead atoms. The average Bonchev–Trinajstić information content (AvgIpc) is 2.44. The lowest BCUT2D eigenvalue weighted by atomic mass is 10.1. The molecule has 0 aliphatic rings. The molecule has 0 saturated carbocycles. The fourth-order valence-electron chi connectivity index (χ4n) is 1.60.